The summed E-state index contributed by atoms with van der Waals surface area (Å²) in [6, 6.07) is 9.19. The van der Waals surface area contributed by atoms with Crippen molar-refractivity contribution in [2.45, 2.75) is 6.54 Å². The smallest absolute Gasteiger partial charge is 0.329 e. The second-order valence-corrected chi connectivity index (χ2v) is 5.01. The zero-order valence-electron chi connectivity index (χ0n) is 11.9. The molecule has 22 heavy (non-hydrogen) atoms. The van der Waals surface area contributed by atoms with Crippen LogP contribution in [0.1, 0.15) is 11.3 Å². The number of nitrogens with zero attached hydrogens (tertiary/aromatic N) is 2. The van der Waals surface area contributed by atoms with Crippen molar-refractivity contribution in [3.8, 4) is 0 Å². The fourth-order valence-electron chi connectivity index (χ4n) is 2.28. The van der Waals surface area contributed by atoms with E-state index in [1.165, 1.54) is 6.07 Å². The minimum absolute atomic E-state index is 0.0954. The monoisotopic (exact) mass is 299 g/mol. The van der Waals surface area contributed by atoms with Gasteiger partial charge >= 0.3 is 6.03 Å². The number of urea groups is 1. The fourth-order valence-corrected chi connectivity index (χ4v) is 2.28. The molecule has 2 heterocycles. The van der Waals surface area contributed by atoms with Crippen LogP contribution in [0.25, 0.3) is 6.08 Å². The lowest BCUT2D eigenvalue weighted by Crippen LogP contribution is -2.30. The van der Waals surface area contributed by atoms with Gasteiger partial charge in [0.15, 0.2) is 0 Å². The number of imide groups is 1. The lowest BCUT2D eigenvalue weighted by molar-refractivity contribution is -0.123. The number of aryl methyl sites for hydroxylation is 1. The minimum atomic E-state index is -0.547. The minimum Gasteiger partial charge on any atom is -0.351 e. The third kappa shape index (κ3) is 2.50. The Bertz CT molecular complexity index is 779. The van der Waals surface area contributed by atoms with E-state index >= 15 is 0 Å². The van der Waals surface area contributed by atoms with Crippen LogP contribution < -0.4 is 5.32 Å². The summed E-state index contributed by atoms with van der Waals surface area (Å²) in [5.41, 5.74) is 1.27. The first-order valence-electron chi connectivity index (χ1n) is 6.75. The Kier molecular flexibility index (Phi) is 3.50. The summed E-state index contributed by atoms with van der Waals surface area (Å²) < 4.78 is 15.5. The van der Waals surface area contributed by atoms with Crippen molar-refractivity contribution in [3.05, 3.63) is 65.4 Å². The number of aromatic nitrogens is 1. The van der Waals surface area contributed by atoms with E-state index in [4.69, 9.17) is 0 Å². The second kappa shape index (κ2) is 5.48. The molecule has 1 aromatic heterocycles. The molecule has 1 aliphatic heterocycles. The number of nitrogens with one attached hydrogen (secondary N) is 1. The van der Waals surface area contributed by atoms with Crippen LogP contribution in [-0.4, -0.2) is 21.4 Å². The van der Waals surface area contributed by atoms with Gasteiger partial charge in [-0.05, 0) is 24.3 Å². The highest BCUT2D eigenvalue weighted by atomic mass is 19.1. The molecule has 1 N–H and O–H groups in total. The van der Waals surface area contributed by atoms with Crippen molar-refractivity contribution < 1.29 is 14.0 Å². The predicted octanol–water partition coefficient (Wildman–Crippen LogP) is 2.26. The Hall–Kier alpha value is -2.89. The van der Waals surface area contributed by atoms with Crippen LogP contribution in [0.15, 0.2) is 48.3 Å². The van der Waals surface area contributed by atoms with Crippen LogP contribution in [0.5, 0.6) is 0 Å². The van der Waals surface area contributed by atoms with Gasteiger partial charge in [-0.2, -0.15) is 0 Å². The molecule has 1 saturated heterocycles. The lowest BCUT2D eigenvalue weighted by Gasteiger charge is -2.12. The maximum Gasteiger partial charge on any atom is 0.329 e. The summed E-state index contributed by atoms with van der Waals surface area (Å²) in [4.78, 5) is 25.3. The predicted molar refractivity (Wildman–Crippen MR) is 78.9 cm³/mol. The summed E-state index contributed by atoms with van der Waals surface area (Å²) in [5, 5.41) is 2.52. The number of carbonyl (C=O) groups is 2. The Labute approximate surface area is 126 Å². The molecule has 6 heteroatoms. The highest BCUT2D eigenvalue weighted by Gasteiger charge is 2.34. The largest absolute Gasteiger partial charge is 0.351 e. The van der Waals surface area contributed by atoms with Crippen LogP contribution >= 0.6 is 0 Å². The Morgan fingerprint density at radius 2 is 1.95 bits per heavy atom. The number of hydrogen-bond acceptors (Lipinski definition) is 2. The summed E-state index contributed by atoms with van der Waals surface area (Å²) in [5.74, 6) is -0.905. The molecule has 3 amide bonds. The summed E-state index contributed by atoms with van der Waals surface area (Å²) >= 11 is 0. The number of rotatable bonds is 3. The Balaban J connectivity index is 1.85. The van der Waals surface area contributed by atoms with E-state index in [9.17, 15) is 14.0 Å². The van der Waals surface area contributed by atoms with E-state index in [0.29, 0.717) is 5.56 Å². The molecule has 0 saturated carbocycles. The van der Waals surface area contributed by atoms with E-state index in [-0.39, 0.29) is 12.2 Å². The Morgan fingerprint density at radius 3 is 2.64 bits per heavy atom. The summed E-state index contributed by atoms with van der Waals surface area (Å²) in [6.07, 6.45) is 3.44. The highest BCUT2D eigenvalue weighted by molar-refractivity contribution is 6.13. The summed E-state index contributed by atoms with van der Waals surface area (Å²) in [7, 11) is 1.84. The standard InChI is InChI=1S/C16H14FN3O2/c1-19-8-4-6-12(19)9-14-15(21)20(16(22)18-14)10-11-5-2-3-7-13(11)17/h2-9H,10H2,1H3,(H,18,22)/b14-9+. The van der Waals surface area contributed by atoms with Crippen LogP contribution in [-0.2, 0) is 18.4 Å². The summed E-state index contributed by atoms with van der Waals surface area (Å²) in [6.45, 7) is -0.0954. The third-order valence-corrected chi connectivity index (χ3v) is 3.52. The van der Waals surface area contributed by atoms with Crippen LogP contribution in [0.2, 0.25) is 0 Å². The van der Waals surface area contributed by atoms with Crippen LogP contribution in [0.3, 0.4) is 0 Å². The molecule has 5 nitrogen and oxygen atoms in total. The zero-order valence-corrected chi connectivity index (χ0v) is 11.9. The van der Waals surface area contributed by atoms with Gasteiger partial charge in [-0.1, -0.05) is 18.2 Å². The molecule has 1 fully saturated rings. The van der Waals surface area contributed by atoms with Crippen molar-refractivity contribution >= 4 is 18.0 Å². The third-order valence-electron chi connectivity index (χ3n) is 3.52. The Morgan fingerprint density at radius 1 is 1.18 bits per heavy atom. The molecule has 2 aromatic rings. The molecular weight excluding hydrogens is 285 g/mol. The quantitative estimate of drug-likeness (QED) is 0.698. The van der Waals surface area contributed by atoms with Crippen molar-refractivity contribution in [1.82, 2.24) is 14.8 Å². The zero-order chi connectivity index (χ0) is 15.7. The second-order valence-electron chi connectivity index (χ2n) is 5.01. The maximum absolute atomic E-state index is 13.7. The molecule has 0 atom stereocenters. The molecule has 0 bridgehead atoms. The first kappa shape index (κ1) is 14.1. The van der Waals surface area contributed by atoms with Gasteiger partial charge in [-0.25, -0.2) is 9.18 Å². The normalized spacial score (nSPS) is 16.5. The first-order valence-corrected chi connectivity index (χ1v) is 6.75. The van der Waals surface area contributed by atoms with Crippen molar-refractivity contribution in [1.29, 1.82) is 0 Å². The van der Waals surface area contributed by atoms with Gasteiger partial charge in [0.25, 0.3) is 5.91 Å². The van der Waals surface area contributed by atoms with E-state index in [1.807, 2.05) is 29.9 Å². The van der Waals surface area contributed by atoms with E-state index < -0.39 is 17.8 Å². The van der Waals surface area contributed by atoms with Gasteiger partial charge in [0.1, 0.15) is 11.5 Å². The maximum atomic E-state index is 13.7. The lowest BCUT2D eigenvalue weighted by atomic mass is 10.2. The van der Waals surface area contributed by atoms with E-state index in [0.717, 1.165) is 10.6 Å². The van der Waals surface area contributed by atoms with Crippen molar-refractivity contribution in [2.75, 3.05) is 0 Å². The molecule has 0 unspecified atom stereocenters. The molecule has 0 radical (unpaired) electrons. The molecule has 1 aromatic carbocycles. The van der Waals surface area contributed by atoms with Gasteiger partial charge < -0.3 is 9.88 Å². The van der Waals surface area contributed by atoms with E-state index in [2.05, 4.69) is 5.32 Å². The van der Waals surface area contributed by atoms with Crippen LogP contribution in [0.4, 0.5) is 9.18 Å². The number of benzene rings is 1. The van der Waals surface area contributed by atoms with Gasteiger partial charge in [-0.3, -0.25) is 9.69 Å². The van der Waals surface area contributed by atoms with Gasteiger partial charge in [-0.15, -0.1) is 0 Å². The van der Waals surface area contributed by atoms with Gasteiger partial charge in [0.05, 0.1) is 6.54 Å². The molecule has 0 spiro atoms. The molecule has 3 rings (SSSR count). The molecule has 112 valence electrons. The fraction of sp³-hybridized carbons (Fsp3) is 0.125. The van der Waals surface area contributed by atoms with Crippen LogP contribution in [0, 0.1) is 5.82 Å². The van der Waals surface area contributed by atoms with Crippen molar-refractivity contribution in [3.63, 3.8) is 0 Å². The first-order chi connectivity index (χ1) is 10.6. The van der Waals surface area contributed by atoms with Crippen molar-refractivity contribution in [2.24, 2.45) is 7.05 Å². The number of hydrogen-bond donors (Lipinski definition) is 1. The average Bonchev–Trinajstić information content (AvgIpc) is 3.00. The molecular formula is C16H14FN3O2. The van der Waals surface area contributed by atoms with Gasteiger partial charge in [0.2, 0.25) is 0 Å². The topological polar surface area (TPSA) is 54.3 Å². The van der Waals surface area contributed by atoms with E-state index in [1.54, 1.807) is 24.3 Å². The number of carbonyl (C=O) groups excluding carboxylic acids is 2. The van der Waals surface area contributed by atoms with Gasteiger partial charge in [0, 0.05) is 24.5 Å². The highest BCUT2D eigenvalue weighted by Crippen LogP contribution is 2.18. The number of halogens is 1. The average molecular weight is 299 g/mol. The molecule has 0 aliphatic carbocycles. The SMILES string of the molecule is Cn1cccc1/C=C1/NC(=O)N(Cc2ccccc2F)C1=O. The molecule has 1 aliphatic rings. The number of amides is 3.